The lowest BCUT2D eigenvalue weighted by Gasteiger charge is -2.34. The molecule has 1 aliphatic carbocycles. The highest BCUT2D eigenvalue weighted by molar-refractivity contribution is 5.35. The minimum absolute atomic E-state index is 0.0118. The van der Waals surface area contributed by atoms with E-state index in [1.807, 2.05) is 6.07 Å². The Kier molecular flexibility index (Phi) is 4.91. The largest absolute Gasteiger partial charge is 0.313 e. The van der Waals surface area contributed by atoms with Crippen LogP contribution in [-0.4, -0.2) is 30.6 Å². The average Bonchev–Trinajstić information content (AvgIpc) is 2.93. The number of nitrogens with one attached hydrogen (secondary N) is 1. The van der Waals surface area contributed by atoms with Crippen LogP contribution in [0.3, 0.4) is 0 Å². The summed E-state index contributed by atoms with van der Waals surface area (Å²) in [6, 6.07) is 6.64. The van der Waals surface area contributed by atoms with Crippen LogP contribution in [0.5, 0.6) is 0 Å². The third-order valence-electron chi connectivity index (χ3n) is 5.00. The summed E-state index contributed by atoms with van der Waals surface area (Å²) in [5.74, 6) is -0.0118. The van der Waals surface area contributed by atoms with Crippen LogP contribution in [0.2, 0.25) is 0 Å². The number of nitrogens with zero attached hydrogens (tertiary/aromatic N) is 1. The first-order valence-electron chi connectivity index (χ1n) is 8.54. The first-order valence-corrected chi connectivity index (χ1v) is 8.54. The van der Waals surface area contributed by atoms with Gasteiger partial charge in [-0.05, 0) is 62.4 Å². The molecule has 0 spiro atoms. The summed E-state index contributed by atoms with van der Waals surface area (Å²) >= 11 is 0. The minimum Gasteiger partial charge on any atom is -0.313 e. The van der Waals surface area contributed by atoms with Gasteiger partial charge in [-0.1, -0.05) is 25.5 Å². The van der Waals surface area contributed by atoms with Crippen molar-refractivity contribution in [3.63, 3.8) is 0 Å². The molecule has 1 saturated heterocycles. The molecule has 3 heteroatoms. The fourth-order valence-corrected chi connectivity index (χ4v) is 3.99. The molecular formula is C18H27FN2. The molecule has 3 rings (SSSR count). The average molecular weight is 290 g/mol. The lowest BCUT2D eigenvalue weighted by atomic mass is 10.0. The molecule has 1 aliphatic heterocycles. The molecule has 21 heavy (non-hydrogen) atoms. The minimum atomic E-state index is -0.0118. The van der Waals surface area contributed by atoms with Gasteiger partial charge in [0, 0.05) is 18.6 Å². The zero-order valence-corrected chi connectivity index (χ0v) is 13.1. The summed E-state index contributed by atoms with van der Waals surface area (Å²) in [4.78, 5) is 2.59. The Morgan fingerprint density at radius 3 is 2.95 bits per heavy atom. The monoisotopic (exact) mass is 290 g/mol. The van der Waals surface area contributed by atoms with Crippen molar-refractivity contribution in [3.8, 4) is 0 Å². The number of hydrogen-bond donors (Lipinski definition) is 1. The molecular weight excluding hydrogens is 263 g/mol. The van der Waals surface area contributed by atoms with E-state index in [1.165, 1.54) is 24.8 Å². The van der Waals surface area contributed by atoms with Crippen LogP contribution >= 0.6 is 0 Å². The standard InChI is InChI=1S/C18H27FN2/c1-2-12-21(13-14-6-3-4-11-20-14)18-10-9-15-16(18)7-5-8-17(15)19/h5,7-8,14,18,20H,2-4,6,9-13H2,1H3. The Labute approximate surface area is 127 Å². The van der Waals surface area contributed by atoms with Crippen molar-refractivity contribution in [2.24, 2.45) is 0 Å². The highest BCUT2D eigenvalue weighted by atomic mass is 19.1. The van der Waals surface area contributed by atoms with Crippen LogP contribution in [0.1, 0.15) is 56.2 Å². The van der Waals surface area contributed by atoms with E-state index in [4.69, 9.17) is 0 Å². The van der Waals surface area contributed by atoms with Gasteiger partial charge in [0.2, 0.25) is 0 Å². The quantitative estimate of drug-likeness (QED) is 0.890. The molecule has 1 fully saturated rings. The maximum atomic E-state index is 13.9. The molecule has 1 heterocycles. The Morgan fingerprint density at radius 1 is 1.29 bits per heavy atom. The zero-order valence-electron chi connectivity index (χ0n) is 13.1. The normalized spacial score (nSPS) is 25.3. The van der Waals surface area contributed by atoms with E-state index < -0.39 is 0 Å². The van der Waals surface area contributed by atoms with Gasteiger partial charge in [-0.2, -0.15) is 0 Å². The van der Waals surface area contributed by atoms with Crippen LogP contribution in [0.25, 0.3) is 0 Å². The predicted octanol–water partition coefficient (Wildman–Crippen LogP) is 3.67. The van der Waals surface area contributed by atoms with Crippen LogP contribution < -0.4 is 5.32 Å². The fourth-order valence-electron chi connectivity index (χ4n) is 3.99. The van der Waals surface area contributed by atoms with Gasteiger partial charge in [0.15, 0.2) is 0 Å². The van der Waals surface area contributed by atoms with Gasteiger partial charge in [-0.15, -0.1) is 0 Å². The van der Waals surface area contributed by atoms with Gasteiger partial charge in [0.1, 0.15) is 5.82 Å². The van der Waals surface area contributed by atoms with Gasteiger partial charge in [0.25, 0.3) is 0 Å². The summed E-state index contributed by atoms with van der Waals surface area (Å²) in [5, 5.41) is 3.65. The van der Waals surface area contributed by atoms with Gasteiger partial charge in [-0.25, -0.2) is 4.39 Å². The molecule has 2 unspecified atom stereocenters. The highest BCUT2D eigenvalue weighted by Crippen LogP contribution is 2.37. The molecule has 2 nitrogen and oxygen atoms in total. The van der Waals surface area contributed by atoms with E-state index in [-0.39, 0.29) is 5.82 Å². The lowest BCUT2D eigenvalue weighted by Crippen LogP contribution is -2.44. The highest BCUT2D eigenvalue weighted by Gasteiger charge is 2.30. The molecule has 0 bridgehead atoms. The van der Waals surface area contributed by atoms with Gasteiger partial charge >= 0.3 is 0 Å². The van der Waals surface area contributed by atoms with E-state index >= 15 is 0 Å². The number of fused-ring (bicyclic) bond motifs is 1. The smallest absolute Gasteiger partial charge is 0.126 e. The topological polar surface area (TPSA) is 15.3 Å². The van der Waals surface area contributed by atoms with Crippen molar-refractivity contribution in [2.75, 3.05) is 19.6 Å². The number of piperidine rings is 1. The first kappa shape index (κ1) is 15.0. The molecule has 0 amide bonds. The Bertz CT molecular complexity index is 468. The van der Waals surface area contributed by atoms with E-state index in [2.05, 4.69) is 23.2 Å². The van der Waals surface area contributed by atoms with E-state index in [0.29, 0.717) is 12.1 Å². The maximum Gasteiger partial charge on any atom is 0.126 e. The summed E-state index contributed by atoms with van der Waals surface area (Å²) in [6.45, 7) is 5.61. The summed E-state index contributed by atoms with van der Waals surface area (Å²) < 4.78 is 13.9. The van der Waals surface area contributed by atoms with Crippen molar-refractivity contribution in [1.29, 1.82) is 0 Å². The molecule has 1 aromatic carbocycles. The predicted molar refractivity (Wildman–Crippen MR) is 85.0 cm³/mol. The van der Waals surface area contributed by atoms with Gasteiger partial charge in [-0.3, -0.25) is 4.90 Å². The summed E-state index contributed by atoms with van der Waals surface area (Å²) in [7, 11) is 0. The van der Waals surface area contributed by atoms with Crippen LogP contribution in [0.4, 0.5) is 4.39 Å². The van der Waals surface area contributed by atoms with Crippen molar-refractivity contribution in [1.82, 2.24) is 10.2 Å². The summed E-state index contributed by atoms with van der Waals surface area (Å²) in [6.07, 6.45) is 7.06. The molecule has 1 aromatic rings. The molecule has 2 atom stereocenters. The van der Waals surface area contributed by atoms with Crippen molar-refractivity contribution in [2.45, 2.75) is 57.5 Å². The molecule has 0 aromatic heterocycles. The fraction of sp³-hybridized carbons (Fsp3) is 0.667. The maximum absolute atomic E-state index is 13.9. The van der Waals surface area contributed by atoms with Crippen molar-refractivity contribution < 1.29 is 4.39 Å². The second-order valence-corrected chi connectivity index (χ2v) is 6.50. The van der Waals surface area contributed by atoms with Crippen molar-refractivity contribution in [3.05, 3.63) is 35.1 Å². The second kappa shape index (κ2) is 6.89. The number of rotatable bonds is 5. The molecule has 116 valence electrons. The van der Waals surface area contributed by atoms with Crippen molar-refractivity contribution >= 4 is 0 Å². The van der Waals surface area contributed by atoms with E-state index in [0.717, 1.165) is 44.5 Å². The third-order valence-corrected chi connectivity index (χ3v) is 5.00. The Balaban J connectivity index is 1.74. The van der Waals surface area contributed by atoms with Gasteiger partial charge in [0.05, 0.1) is 0 Å². The van der Waals surface area contributed by atoms with E-state index in [1.54, 1.807) is 6.07 Å². The number of halogens is 1. The number of benzene rings is 1. The zero-order chi connectivity index (χ0) is 14.7. The first-order chi connectivity index (χ1) is 10.3. The second-order valence-electron chi connectivity index (χ2n) is 6.50. The molecule has 2 aliphatic rings. The Morgan fingerprint density at radius 2 is 2.19 bits per heavy atom. The molecule has 1 N–H and O–H groups in total. The SMILES string of the molecule is CCCN(CC1CCCCN1)C1CCc2c(F)cccc21. The van der Waals surface area contributed by atoms with Crippen LogP contribution in [0, 0.1) is 5.82 Å². The lowest BCUT2D eigenvalue weighted by molar-refractivity contribution is 0.165. The summed E-state index contributed by atoms with van der Waals surface area (Å²) in [5.41, 5.74) is 2.19. The molecule has 0 saturated carbocycles. The molecule has 0 radical (unpaired) electrons. The van der Waals surface area contributed by atoms with Crippen LogP contribution in [0.15, 0.2) is 18.2 Å². The third kappa shape index (κ3) is 3.29. The Hall–Kier alpha value is -0.930. The van der Waals surface area contributed by atoms with E-state index in [9.17, 15) is 4.39 Å². The van der Waals surface area contributed by atoms with Gasteiger partial charge < -0.3 is 5.32 Å². The van der Waals surface area contributed by atoms with Crippen LogP contribution in [-0.2, 0) is 6.42 Å². The number of hydrogen-bond acceptors (Lipinski definition) is 2.